The predicted molar refractivity (Wildman–Crippen MR) is 85.8 cm³/mol. The molecule has 0 aromatic rings. The van der Waals surface area contributed by atoms with E-state index >= 15 is 0 Å². The van der Waals surface area contributed by atoms with E-state index in [9.17, 15) is 4.79 Å². The van der Waals surface area contributed by atoms with Crippen LogP contribution in [0, 0.1) is 5.92 Å². The average molecular weight is 282 g/mol. The molecule has 0 spiro atoms. The number of amides is 1. The summed E-state index contributed by atoms with van der Waals surface area (Å²) in [4.78, 5) is 14.9. The predicted octanol–water partition coefficient (Wildman–Crippen LogP) is 3.58. The Morgan fingerprint density at radius 2 is 1.70 bits per heavy atom. The Balaban J connectivity index is 2.47. The Bertz CT molecular complexity index is 258. The zero-order valence-corrected chi connectivity index (χ0v) is 13.8. The second-order valence-corrected chi connectivity index (χ2v) is 6.32. The van der Waals surface area contributed by atoms with Crippen molar-refractivity contribution in [1.82, 2.24) is 10.2 Å². The molecule has 1 saturated heterocycles. The van der Waals surface area contributed by atoms with Gasteiger partial charge in [0.1, 0.15) is 0 Å². The van der Waals surface area contributed by atoms with Crippen molar-refractivity contribution in [2.75, 3.05) is 19.6 Å². The van der Waals surface area contributed by atoms with Crippen LogP contribution >= 0.6 is 0 Å². The Hall–Kier alpha value is -0.570. The molecule has 1 rings (SSSR count). The summed E-state index contributed by atoms with van der Waals surface area (Å²) in [5.41, 5.74) is 0. The second-order valence-electron chi connectivity index (χ2n) is 6.32. The summed E-state index contributed by atoms with van der Waals surface area (Å²) in [7, 11) is 0. The topological polar surface area (TPSA) is 32.3 Å². The van der Waals surface area contributed by atoms with Crippen LogP contribution in [0.25, 0.3) is 0 Å². The Kier molecular flexibility index (Phi) is 8.92. The molecule has 2 atom stereocenters. The van der Waals surface area contributed by atoms with Crippen molar-refractivity contribution in [2.45, 2.75) is 78.2 Å². The van der Waals surface area contributed by atoms with E-state index in [4.69, 9.17) is 0 Å². The van der Waals surface area contributed by atoms with Gasteiger partial charge >= 0.3 is 0 Å². The van der Waals surface area contributed by atoms with E-state index in [1.165, 1.54) is 25.7 Å². The maximum absolute atomic E-state index is 12.7. The van der Waals surface area contributed by atoms with Crippen molar-refractivity contribution in [1.29, 1.82) is 0 Å². The first kappa shape index (κ1) is 17.5. The van der Waals surface area contributed by atoms with Crippen molar-refractivity contribution >= 4 is 5.91 Å². The number of hydrogen-bond donors (Lipinski definition) is 1. The molecule has 0 bridgehead atoms. The molecule has 0 saturated carbocycles. The van der Waals surface area contributed by atoms with Gasteiger partial charge in [-0.1, -0.05) is 39.5 Å². The Morgan fingerprint density at radius 3 is 2.20 bits per heavy atom. The minimum absolute atomic E-state index is 0.259. The lowest BCUT2D eigenvalue weighted by atomic mass is 9.91. The zero-order chi connectivity index (χ0) is 14.8. The van der Waals surface area contributed by atoms with Crippen LogP contribution in [0.1, 0.15) is 72.1 Å². The van der Waals surface area contributed by atoms with Gasteiger partial charge in [0, 0.05) is 25.0 Å². The zero-order valence-electron chi connectivity index (χ0n) is 13.8. The van der Waals surface area contributed by atoms with E-state index in [-0.39, 0.29) is 5.92 Å². The number of piperidine rings is 1. The highest BCUT2D eigenvalue weighted by Gasteiger charge is 2.27. The van der Waals surface area contributed by atoms with Gasteiger partial charge in [0.25, 0.3) is 0 Å². The summed E-state index contributed by atoms with van der Waals surface area (Å²) >= 11 is 0. The van der Waals surface area contributed by atoms with Crippen LogP contribution in [0.3, 0.4) is 0 Å². The first-order valence-electron chi connectivity index (χ1n) is 8.71. The summed E-state index contributed by atoms with van der Waals surface area (Å²) in [6, 6.07) is 0.492. The SMILES string of the molecule is CCCCCN(CCCCC)C(=O)C1CCNC(C)C1. The third-order valence-electron chi connectivity index (χ3n) is 4.35. The molecule has 1 aliphatic rings. The van der Waals surface area contributed by atoms with Crippen LogP contribution < -0.4 is 5.32 Å². The maximum atomic E-state index is 12.7. The molecule has 3 heteroatoms. The lowest BCUT2D eigenvalue weighted by Gasteiger charge is -2.32. The average Bonchev–Trinajstić information content (AvgIpc) is 2.45. The molecule has 0 aliphatic carbocycles. The van der Waals surface area contributed by atoms with Crippen LogP contribution in [0.15, 0.2) is 0 Å². The highest BCUT2D eigenvalue weighted by Crippen LogP contribution is 2.19. The van der Waals surface area contributed by atoms with Gasteiger partial charge in [0.15, 0.2) is 0 Å². The van der Waals surface area contributed by atoms with Crippen LogP contribution in [0.5, 0.6) is 0 Å². The van der Waals surface area contributed by atoms with Crippen LogP contribution in [-0.2, 0) is 4.79 Å². The number of nitrogens with one attached hydrogen (secondary N) is 1. The Labute approximate surface area is 125 Å². The monoisotopic (exact) mass is 282 g/mol. The lowest BCUT2D eigenvalue weighted by molar-refractivity contribution is -0.136. The third kappa shape index (κ3) is 6.25. The van der Waals surface area contributed by atoms with Crippen molar-refractivity contribution in [2.24, 2.45) is 5.92 Å². The quantitative estimate of drug-likeness (QED) is 0.656. The summed E-state index contributed by atoms with van der Waals surface area (Å²) in [5, 5.41) is 3.44. The van der Waals surface area contributed by atoms with Gasteiger partial charge in [-0.15, -0.1) is 0 Å². The highest BCUT2D eigenvalue weighted by atomic mass is 16.2. The van der Waals surface area contributed by atoms with Gasteiger partial charge in [-0.2, -0.15) is 0 Å². The number of nitrogens with zero attached hydrogens (tertiary/aromatic N) is 1. The van der Waals surface area contributed by atoms with E-state index < -0.39 is 0 Å². The summed E-state index contributed by atoms with van der Waals surface area (Å²) in [5.74, 6) is 0.681. The second kappa shape index (κ2) is 10.2. The molecule has 0 aromatic heterocycles. The van der Waals surface area contributed by atoms with Gasteiger partial charge in [-0.3, -0.25) is 4.79 Å². The van der Waals surface area contributed by atoms with Gasteiger partial charge in [-0.25, -0.2) is 0 Å². The number of unbranched alkanes of at least 4 members (excludes halogenated alkanes) is 4. The molecule has 1 fully saturated rings. The summed E-state index contributed by atoms with van der Waals surface area (Å²) < 4.78 is 0. The lowest BCUT2D eigenvalue weighted by Crippen LogP contribution is -2.44. The summed E-state index contributed by atoms with van der Waals surface area (Å²) in [6.07, 6.45) is 9.27. The molecule has 1 heterocycles. The first-order valence-corrected chi connectivity index (χ1v) is 8.71. The minimum atomic E-state index is 0.259. The number of hydrogen-bond acceptors (Lipinski definition) is 2. The van der Waals surface area contributed by atoms with Gasteiger partial charge in [-0.05, 0) is 39.2 Å². The molecule has 1 amide bonds. The highest BCUT2D eigenvalue weighted by molar-refractivity contribution is 5.79. The minimum Gasteiger partial charge on any atom is -0.342 e. The van der Waals surface area contributed by atoms with Crippen molar-refractivity contribution in [3.8, 4) is 0 Å². The van der Waals surface area contributed by atoms with Crippen molar-refractivity contribution in [3.63, 3.8) is 0 Å². The fourth-order valence-corrected chi connectivity index (χ4v) is 3.05. The number of carbonyl (C=O) groups is 1. The van der Waals surface area contributed by atoms with E-state index in [2.05, 4.69) is 31.0 Å². The normalized spacial score (nSPS) is 22.8. The van der Waals surface area contributed by atoms with Crippen LogP contribution in [0.2, 0.25) is 0 Å². The molecule has 1 N–H and O–H groups in total. The Morgan fingerprint density at radius 1 is 1.10 bits per heavy atom. The number of carbonyl (C=O) groups excluding carboxylic acids is 1. The molecule has 3 nitrogen and oxygen atoms in total. The smallest absolute Gasteiger partial charge is 0.225 e. The van der Waals surface area contributed by atoms with Gasteiger partial charge < -0.3 is 10.2 Å². The van der Waals surface area contributed by atoms with Crippen molar-refractivity contribution < 1.29 is 4.79 Å². The molecule has 2 unspecified atom stereocenters. The van der Waals surface area contributed by atoms with Gasteiger partial charge in [0.2, 0.25) is 5.91 Å². The number of rotatable bonds is 9. The van der Waals surface area contributed by atoms with E-state index in [0.717, 1.165) is 45.3 Å². The van der Waals surface area contributed by atoms with E-state index in [0.29, 0.717) is 11.9 Å². The van der Waals surface area contributed by atoms with Crippen LogP contribution in [-0.4, -0.2) is 36.5 Å². The first-order chi connectivity index (χ1) is 9.69. The standard InChI is InChI=1S/C17H34N2O/c1-4-6-8-12-19(13-9-7-5-2)17(20)16-10-11-18-15(3)14-16/h15-16,18H,4-14H2,1-3H3. The molecule has 118 valence electrons. The van der Waals surface area contributed by atoms with Crippen molar-refractivity contribution in [3.05, 3.63) is 0 Å². The summed E-state index contributed by atoms with van der Waals surface area (Å²) in [6.45, 7) is 9.56. The van der Waals surface area contributed by atoms with Crippen LogP contribution in [0.4, 0.5) is 0 Å². The fourth-order valence-electron chi connectivity index (χ4n) is 3.05. The van der Waals surface area contributed by atoms with E-state index in [1.807, 2.05) is 0 Å². The van der Waals surface area contributed by atoms with Gasteiger partial charge in [0.05, 0.1) is 0 Å². The largest absolute Gasteiger partial charge is 0.342 e. The molecular weight excluding hydrogens is 248 g/mol. The molecule has 1 aliphatic heterocycles. The maximum Gasteiger partial charge on any atom is 0.225 e. The molecule has 0 radical (unpaired) electrons. The third-order valence-corrected chi connectivity index (χ3v) is 4.35. The van der Waals surface area contributed by atoms with E-state index in [1.54, 1.807) is 0 Å². The molecule has 20 heavy (non-hydrogen) atoms. The fraction of sp³-hybridized carbons (Fsp3) is 0.941. The molecule has 0 aromatic carbocycles. The molecular formula is C17H34N2O.